The second-order valence-electron chi connectivity index (χ2n) is 6.57. The summed E-state index contributed by atoms with van der Waals surface area (Å²) < 4.78 is 0. The maximum absolute atomic E-state index is 10.3. The first-order valence-corrected chi connectivity index (χ1v) is 8.29. The lowest BCUT2D eigenvalue weighted by atomic mass is 9.87. The van der Waals surface area contributed by atoms with Crippen molar-refractivity contribution in [2.75, 3.05) is 0 Å². The highest BCUT2D eigenvalue weighted by molar-refractivity contribution is 6.10. The van der Waals surface area contributed by atoms with Gasteiger partial charge in [-0.3, -0.25) is 0 Å². The highest BCUT2D eigenvalue weighted by Gasteiger charge is 2.17. The standard InChI is InChI=1S/C22H18O4/c1-11-3-5-15-13(7-9-17(23)21(15)25)19(11)20-12(2)4-6-16-14(20)8-10-18(24)22(16)26/h3-10,23-26H,1-2H3. The summed E-state index contributed by atoms with van der Waals surface area (Å²) in [5, 5.41) is 42.9. The van der Waals surface area contributed by atoms with Crippen LogP contribution in [0.4, 0.5) is 0 Å². The van der Waals surface area contributed by atoms with E-state index in [2.05, 4.69) is 0 Å². The van der Waals surface area contributed by atoms with Crippen LogP contribution < -0.4 is 0 Å². The van der Waals surface area contributed by atoms with E-state index in [1.165, 1.54) is 12.1 Å². The molecule has 4 rings (SSSR count). The molecular formula is C22H18O4. The minimum atomic E-state index is -0.162. The third-order valence-corrected chi connectivity index (χ3v) is 4.97. The van der Waals surface area contributed by atoms with Crippen molar-refractivity contribution >= 4 is 21.5 Å². The molecule has 0 radical (unpaired) electrons. The first kappa shape index (κ1) is 16.1. The SMILES string of the molecule is Cc1ccc2c(O)c(O)ccc2c1-c1c(C)ccc2c(O)c(O)ccc12. The number of phenols is 4. The molecule has 4 aromatic rings. The molecule has 4 nitrogen and oxygen atoms in total. The zero-order valence-corrected chi connectivity index (χ0v) is 14.4. The molecule has 0 amide bonds. The summed E-state index contributed by atoms with van der Waals surface area (Å²) in [5.41, 5.74) is 3.86. The number of aromatic hydroxyl groups is 4. The molecule has 0 aliphatic rings. The van der Waals surface area contributed by atoms with Gasteiger partial charge in [0.15, 0.2) is 23.0 Å². The summed E-state index contributed by atoms with van der Waals surface area (Å²) in [6.07, 6.45) is 0. The molecule has 0 bridgehead atoms. The van der Waals surface area contributed by atoms with Crippen molar-refractivity contribution in [3.05, 3.63) is 59.7 Å². The average Bonchev–Trinajstić information content (AvgIpc) is 2.62. The van der Waals surface area contributed by atoms with E-state index in [1.807, 2.05) is 26.0 Å². The van der Waals surface area contributed by atoms with E-state index in [0.29, 0.717) is 10.8 Å². The predicted molar refractivity (Wildman–Crippen MR) is 103 cm³/mol. The molecule has 4 heteroatoms. The van der Waals surface area contributed by atoms with Gasteiger partial charge in [-0.05, 0) is 71.1 Å². The summed E-state index contributed by atoms with van der Waals surface area (Å²) in [4.78, 5) is 0. The normalized spacial score (nSPS) is 11.3. The second-order valence-corrected chi connectivity index (χ2v) is 6.57. The zero-order valence-electron chi connectivity index (χ0n) is 14.4. The first-order valence-electron chi connectivity index (χ1n) is 8.29. The fourth-order valence-electron chi connectivity index (χ4n) is 3.64. The lowest BCUT2D eigenvalue weighted by Crippen LogP contribution is -1.92. The number of aryl methyl sites for hydroxylation is 2. The molecule has 0 aliphatic heterocycles. The van der Waals surface area contributed by atoms with Crippen LogP contribution >= 0.6 is 0 Å². The molecule has 0 unspecified atom stereocenters. The van der Waals surface area contributed by atoms with Crippen LogP contribution in [-0.4, -0.2) is 20.4 Å². The molecular weight excluding hydrogens is 328 g/mol. The molecule has 0 aliphatic carbocycles. The Hall–Kier alpha value is -3.40. The Labute approximate surface area is 150 Å². The van der Waals surface area contributed by atoms with Crippen LogP contribution in [-0.2, 0) is 0 Å². The average molecular weight is 346 g/mol. The maximum atomic E-state index is 10.3. The number of fused-ring (bicyclic) bond motifs is 2. The van der Waals surface area contributed by atoms with Crippen LogP contribution in [0.25, 0.3) is 32.7 Å². The number of benzene rings is 4. The third-order valence-electron chi connectivity index (χ3n) is 4.97. The van der Waals surface area contributed by atoms with E-state index in [9.17, 15) is 20.4 Å². The van der Waals surface area contributed by atoms with E-state index < -0.39 is 0 Å². The molecule has 0 atom stereocenters. The number of hydrogen-bond donors (Lipinski definition) is 4. The first-order chi connectivity index (χ1) is 12.4. The van der Waals surface area contributed by atoms with E-state index >= 15 is 0 Å². The van der Waals surface area contributed by atoms with E-state index in [-0.39, 0.29) is 23.0 Å². The van der Waals surface area contributed by atoms with Gasteiger partial charge in [0.05, 0.1) is 0 Å². The minimum Gasteiger partial charge on any atom is -0.504 e. The Kier molecular flexibility index (Phi) is 3.44. The fraction of sp³-hybridized carbons (Fsp3) is 0.0909. The largest absolute Gasteiger partial charge is 0.504 e. The van der Waals surface area contributed by atoms with E-state index in [0.717, 1.165) is 33.0 Å². The van der Waals surface area contributed by atoms with Gasteiger partial charge in [-0.2, -0.15) is 0 Å². The molecule has 4 aromatic carbocycles. The van der Waals surface area contributed by atoms with Crippen molar-refractivity contribution < 1.29 is 20.4 Å². The van der Waals surface area contributed by atoms with Gasteiger partial charge in [0.2, 0.25) is 0 Å². The molecule has 130 valence electrons. The number of hydrogen-bond acceptors (Lipinski definition) is 4. The number of phenolic OH excluding ortho intramolecular Hbond substituents is 4. The van der Waals surface area contributed by atoms with Gasteiger partial charge >= 0.3 is 0 Å². The molecule has 4 N–H and O–H groups in total. The van der Waals surface area contributed by atoms with Crippen LogP contribution in [0.15, 0.2) is 48.5 Å². The van der Waals surface area contributed by atoms with Crippen molar-refractivity contribution in [2.45, 2.75) is 13.8 Å². The van der Waals surface area contributed by atoms with Crippen LogP contribution in [0, 0.1) is 13.8 Å². The third kappa shape index (κ3) is 2.15. The molecule has 0 spiro atoms. The Morgan fingerprint density at radius 3 is 1.19 bits per heavy atom. The van der Waals surface area contributed by atoms with Gasteiger partial charge in [-0.25, -0.2) is 0 Å². The molecule has 0 heterocycles. The lowest BCUT2D eigenvalue weighted by molar-refractivity contribution is 0.408. The highest BCUT2D eigenvalue weighted by atomic mass is 16.3. The molecule has 0 saturated carbocycles. The Morgan fingerprint density at radius 1 is 0.462 bits per heavy atom. The summed E-state index contributed by atoms with van der Waals surface area (Å²) in [6, 6.07) is 13.9. The Bertz CT molecular complexity index is 1100. The topological polar surface area (TPSA) is 80.9 Å². The summed E-state index contributed by atoms with van der Waals surface area (Å²) in [6.45, 7) is 3.97. The van der Waals surface area contributed by atoms with Gasteiger partial charge < -0.3 is 20.4 Å². The lowest BCUT2D eigenvalue weighted by Gasteiger charge is -2.17. The summed E-state index contributed by atoms with van der Waals surface area (Å²) in [5.74, 6) is -0.627. The highest BCUT2D eigenvalue weighted by Crippen LogP contribution is 2.45. The molecule has 0 saturated heterocycles. The van der Waals surface area contributed by atoms with Gasteiger partial charge in [0.25, 0.3) is 0 Å². The monoisotopic (exact) mass is 346 g/mol. The van der Waals surface area contributed by atoms with Crippen molar-refractivity contribution in [3.63, 3.8) is 0 Å². The molecule has 0 aromatic heterocycles. The quantitative estimate of drug-likeness (QED) is 0.362. The zero-order chi connectivity index (χ0) is 18.6. The Balaban J connectivity index is 2.21. The smallest absolute Gasteiger partial charge is 0.165 e. The molecule has 0 fully saturated rings. The number of rotatable bonds is 1. The predicted octanol–water partition coefficient (Wildman–Crippen LogP) is 5.10. The second kappa shape index (κ2) is 5.56. The van der Waals surface area contributed by atoms with Crippen LogP contribution in [0.3, 0.4) is 0 Å². The van der Waals surface area contributed by atoms with Crippen molar-refractivity contribution in [1.29, 1.82) is 0 Å². The van der Waals surface area contributed by atoms with E-state index in [4.69, 9.17) is 0 Å². The van der Waals surface area contributed by atoms with Gasteiger partial charge in [-0.1, -0.05) is 24.3 Å². The van der Waals surface area contributed by atoms with Crippen LogP contribution in [0.2, 0.25) is 0 Å². The van der Waals surface area contributed by atoms with E-state index in [1.54, 1.807) is 24.3 Å². The maximum Gasteiger partial charge on any atom is 0.165 e. The summed E-state index contributed by atoms with van der Waals surface area (Å²) in [7, 11) is 0. The van der Waals surface area contributed by atoms with Crippen molar-refractivity contribution in [3.8, 4) is 34.1 Å². The molecule has 26 heavy (non-hydrogen) atoms. The van der Waals surface area contributed by atoms with Crippen molar-refractivity contribution in [1.82, 2.24) is 0 Å². The van der Waals surface area contributed by atoms with Gasteiger partial charge in [0.1, 0.15) is 0 Å². The minimum absolute atomic E-state index is 0.151. The van der Waals surface area contributed by atoms with Crippen LogP contribution in [0.5, 0.6) is 23.0 Å². The van der Waals surface area contributed by atoms with Crippen molar-refractivity contribution in [2.24, 2.45) is 0 Å². The van der Waals surface area contributed by atoms with Crippen LogP contribution in [0.1, 0.15) is 11.1 Å². The Morgan fingerprint density at radius 2 is 0.808 bits per heavy atom. The van der Waals surface area contributed by atoms with Gasteiger partial charge in [0, 0.05) is 10.8 Å². The fourth-order valence-corrected chi connectivity index (χ4v) is 3.64. The summed E-state index contributed by atoms with van der Waals surface area (Å²) >= 11 is 0. The van der Waals surface area contributed by atoms with Gasteiger partial charge in [-0.15, -0.1) is 0 Å².